The molecule has 1 aliphatic heterocycles. The third kappa shape index (κ3) is 4.75. The van der Waals surface area contributed by atoms with Crippen LogP contribution >= 0.6 is 0 Å². The fourth-order valence-electron chi connectivity index (χ4n) is 2.86. The molecule has 3 amide bonds. The van der Waals surface area contributed by atoms with Gasteiger partial charge in [-0.25, -0.2) is 14.0 Å². The molecule has 0 atom stereocenters. The van der Waals surface area contributed by atoms with E-state index < -0.39 is 0 Å². The summed E-state index contributed by atoms with van der Waals surface area (Å²) in [5.74, 6) is -0.311. The lowest BCUT2D eigenvalue weighted by Crippen LogP contribution is -2.44. The Labute approximate surface area is 156 Å². The number of cyclic esters (lactones) is 1. The lowest BCUT2D eigenvalue weighted by Gasteiger charge is -2.26. The van der Waals surface area contributed by atoms with E-state index in [0.717, 1.165) is 23.2 Å². The Morgan fingerprint density at radius 3 is 2.93 bits per heavy atom. The molecule has 1 fully saturated rings. The van der Waals surface area contributed by atoms with Crippen LogP contribution in [0, 0.1) is 5.82 Å². The van der Waals surface area contributed by atoms with Gasteiger partial charge in [0.1, 0.15) is 5.82 Å². The lowest BCUT2D eigenvalue weighted by molar-refractivity contribution is 0.0733. The summed E-state index contributed by atoms with van der Waals surface area (Å²) in [6.07, 6.45) is 2.10. The molecular formula is C18H22FN5O3. The maximum Gasteiger partial charge on any atom is 0.409 e. The van der Waals surface area contributed by atoms with Gasteiger partial charge in [-0.15, -0.1) is 0 Å². The Bertz CT molecular complexity index is 793. The third-order valence-corrected chi connectivity index (χ3v) is 4.32. The number of nitrogens with one attached hydrogen (secondary N) is 2. The van der Waals surface area contributed by atoms with Gasteiger partial charge in [0.15, 0.2) is 0 Å². The first kappa shape index (κ1) is 18.7. The Hall–Kier alpha value is -3.10. The van der Waals surface area contributed by atoms with Crippen LogP contribution in [0.15, 0.2) is 30.5 Å². The second kappa shape index (κ2) is 8.52. The van der Waals surface area contributed by atoms with Gasteiger partial charge in [-0.05, 0) is 30.7 Å². The van der Waals surface area contributed by atoms with E-state index in [1.165, 1.54) is 17.0 Å². The van der Waals surface area contributed by atoms with Crippen molar-refractivity contribution in [1.82, 2.24) is 25.3 Å². The van der Waals surface area contributed by atoms with Crippen molar-refractivity contribution in [2.24, 2.45) is 0 Å². The number of amides is 3. The standard InChI is InChI=1S/C18H22FN5O3/c1-23(17(25)20-7-9-24-8-2-10-27-18(24)26)12-14-11-21-22-16(14)13-3-5-15(19)6-4-13/h3-6,11H,2,7-10,12H2,1H3,(H,20,25)(H,21,22). The molecule has 2 N–H and O–H groups in total. The number of benzene rings is 1. The van der Waals surface area contributed by atoms with Gasteiger partial charge in [0, 0.05) is 37.8 Å². The van der Waals surface area contributed by atoms with Gasteiger partial charge in [0.05, 0.1) is 25.0 Å². The predicted octanol–water partition coefficient (Wildman–Crippen LogP) is 2.20. The zero-order valence-electron chi connectivity index (χ0n) is 15.1. The minimum absolute atomic E-state index is 0.258. The average molecular weight is 375 g/mol. The summed E-state index contributed by atoms with van der Waals surface area (Å²) in [6, 6.07) is 5.81. The van der Waals surface area contributed by atoms with Crippen molar-refractivity contribution < 1.29 is 18.7 Å². The van der Waals surface area contributed by atoms with E-state index >= 15 is 0 Å². The highest BCUT2D eigenvalue weighted by Crippen LogP contribution is 2.22. The van der Waals surface area contributed by atoms with Crippen molar-refractivity contribution in [2.45, 2.75) is 13.0 Å². The highest BCUT2D eigenvalue weighted by atomic mass is 19.1. The van der Waals surface area contributed by atoms with Crippen molar-refractivity contribution in [3.05, 3.63) is 41.8 Å². The highest BCUT2D eigenvalue weighted by Gasteiger charge is 2.19. The van der Waals surface area contributed by atoms with E-state index in [2.05, 4.69) is 15.5 Å². The normalized spacial score (nSPS) is 14.0. The van der Waals surface area contributed by atoms with Gasteiger partial charge in [-0.2, -0.15) is 5.10 Å². The first-order valence-corrected chi connectivity index (χ1v) is 8.73. The maximum absolute atomic E-state index is 13.1. The molecule has 0 bridgehead atoms. The first-order chi connectivity index (χ1) is 13.0. The van der Waals surface area contributed by atoms with Crippen molar-refractivity contribution in [3.63, 3.8) is 0 Å². The number of H-pyrrole nitrogens is 1. The second-order valence-corrected chi connectivity index (χ2v) is 6.32. The van der Waals surface area contributed by atoms with Crippen LogP contribution in [-0.4, -0.2) is 65.4 Å². The summed E-state index contributed by atoms with van der Waals surface area (Å²) in [4.78, 5) is 26.9. The Balaban J connectivity index is 1.52. The smallest absolute Gasteiger partial charge is 0.409 e. The van der Waals surface area contributed by atoms with Crippen LogP contribution in [0.3, 0.4) is 0 Å². The van der Waals surface area contributed by atoms with Crippen molar-refractivity contribution in [1.29, 1.82) is 0 Å². The molecule has 0 saturated carbocycles. The molecule has 1 aliphatic rings. The van der Waals surface area contributed by atoms with Crippen molar-refractivity contribution in [2.75, 3.05) is 33.3 Å². The number of aromatic amines is 1. The minimum atomic E-state index is -0.341. The van der Waals surface area contributed by atoms with E-state index in [4.69, 9.17) is 4.74 Å². The minimum Gasteiger partial charge on any atom is -0.449 e. The fraction of sp³-hybridized carbons (Fsp3) is 0.389. The van der Waals surface area contributed by atoms with Gasteiger partial charge in [0.25, 0.3) is 0 Å². The van der Waals surface area contributed by atoms with E-state index in [9.17, 15) is 14.0 Å². The molecule has 27 heavy (non-hydrogen) atoms. The van der Waals surface area contributed by atoms with E-state index in [0.29, 0.717) is 32.8 Å². The monoisotopic (exact) mass is 375 g/mol. The van der Waals surface area contributed by atoms with E-state index in [1.54, 1.807) is 30.3 Å². The highest BCUT2D eigenvalue weighted by molar-refractivity contribution is 5.74. The van der Waals surface area contributed by atoms with Crippen LogP contribution in [-0.2, 0) is 11.3 Å². The van der Waals surface area contributed by atoms with Crippen LogP contribution in [0.5, 0.6) is 0 Å². The predicted molar refractivity (Wildman–Crippen MR) is 96.4 cm³/mol. The number of carbonyl (C=O) groups is 2. The molecule has 3 rings (SSSR count). The Morgan fingerprint density at radius 2 is 2.19 bits per heavy atom. The van der Waals surface area contributed by atoms with E-state index in [1.807, 2.05) is 0 Å². The zero-order valence-corrected chi connectivity index (χ0v) is 15.1. The third-order valence-electron chi connectivity index (χ3n) is 4.32. The molecule has 8 nitrogen and oxygen atoms in total. The molecule has 2 heterocycles. The molecule has 0 aliphatic carbocycles. The largest absolute Gasteiger partial charge is 0.449 e. The molecule has 0 spiro atoms. The van der Waals surface area contributed by atoms with Crippen LogP contribution in [0.4, 0.5) is 14.0 Å². The SMILES string of the molecule is CN(Cc1cn[nH]c1-c1ccc(F)cc1)C(=O)NCCN1CCCOC1=O. The molecule has 9 heteroatoms. The fourth-order valence-corrected chi connectivity index (χ4v) is 2.86. The van der Waals surface area contributed by atoms with Gasteiger partial charge in [-0.1, -0.05) is 0 Å². The first-order valence-electron chi connectivity index (χ1n) is 8.73. The Kier molecular flexibility index (Phi) is 5.90. The summed E-state index contributed by atoms with van der Waals surface area (Å²) in [7, 11) is 1.67. The topological polar surface area (TPSA) is 90.6 Å². The van der Waals surface area contributed by atoms with Gasteiger partial charge < -0.3 is 19.9 Å². The molecule has 144 valence electrons. The van der Waals surface area contributed by atoms with Gasteiger partial charge >= 0.3 is 12.1 Å². The molecule has 2 aromatic rings. The van der Waals surface area contributed by atoms with Crippen LogP contribution < -0.4 is 5.32 Å². The quantitative estimate of drug-likeness (QED) is 0.810. The number of rotatable bonds is 6. The van der Waals surface area contributed by atoms with Gasteiger partial charge in [-0.3, -0.25) is 5.10 Å². The number of halogens is 1. The summed E-state index contributed by atoms with van der Waals surface area (Å²) < 4.78 is 18.1. The van der Waals surface area contributed by atoms with Gasteiger partial charge in [0.2, 0.25) is 0 Å². The average Bonchev–Trinajstić information content (AvgIpc) is 3.12. The molecule has 0 unspecified atom stereocenters. The number of aromatic nitrogens is 2. The number of hydrogen-bond acceptors (Lipinski definition) is 4. The number of urea groups is 1. The zero-order chi connectivity index (χ0) is 19.2. The number of hydrogen-bond donors (Lipinski definition) is 2. The molecule has 0 radical (unpaired) electrons. The number of carbonyl (C=O) groups excluding carboxylic acids is 2. The van der Waals surface area contributed by atoms with Crippen molar-refractivity contribution in [3.8, 4) is 11.3 Å². The summed E-state index contributed by atoms with van der Waals surface area (Å²) in [5, 5.41) is 9.70. The maximum atomic E-state index is 13.1. The van der Waals surface area contributed by atoms with Crippen molar-refractivity contribution >= 4 is 12.1 Å². The summed E-state index contributed by atoms with van der Waals surface area (Å²) in [5.41, 5.74) is 2.35. The molecule has 1 saturated heterocycles. The molecule has 1 aromatic heterocycles. The summed E-state index contributed by atoms with van der Waals surface area (Å²) >= 11 is 0. The van der Waals surface area contributed by atoms with Crippen LogP contribution in [0.1, 0.15) is 12.0 Å². The van der Waals surface area contributed by atoms with E-state index in [-0.39, 0.29) is 17.9 Å². The number of ether oxygens (including phenoxy) is 1. The second-order valence-electron chi connectivity index (χ2n) is 6.32. The molecule has 1 aromatic carbocycles. The summed E-state index contributed by atoms with van der Waals surface area (Å²) in [6.45, 7) is 2.17. The molecular weight excluding hydrogens is 353 g/mol. The van der Waals surface area contributed by atoms with Crippen LogP contribution in [0.2, 0.25) is 0 Å². The number of nitrogens with zero attached hydrogens (tertiary/aromatic N) is 3. The Morgan fingerprint density at radius 1 is 1.41 bits per heavy atom. The van der Waals surface area contributed by atoms with Crippen LogP contribution in [0.25, 0.3) is 11.3 Å². The lowest BCUT2D eigenvalue weighted by atomic mass is 10.1.